The molecule has 3 N–H and O–H groups in total. The van der Waals surface area contributed by atoms with Gasteiger partial charge < -0.3 is 15.5 Å². The van der Waals surface area contributed by atoms with E-state index in [1.807, 2.05) is 24.2 Å². The lowest BCUT2D eigenvalue weighted by molar-refractivity contribution is -0.646. The first-order valence-corrected chi connectivity index (χ1v) is 13.8. The molecule has 0 aromatic heterocycles. The molecular weight excluding hydrogens is 467 g/mol. The zero-order valence-corrected chi connectivity index (χ0v) is 21.4. The Bertz CT molecular complexity index is 964. The second kappa shape index (κ2) is 11.6. The topological polar surface area (TPSA) is 95.4 Å². The number of amides is 2. The van der Waals surface area contributed by atoms with Gasteiger partial charge in [-0.15, -0.1) is 11.8 Å². The Kier molecular flexibility index (Phi) is 8.59. The predicted octanol–water partition coefficient (Wildman–Crippen LogP) is 2.16. The Labute approximate surface area is 210 Å². The third-order valence-electron chi connectivity index (χ3n) is 7.52. The second-order valence-electron chi connectivity index (χ2n) is 9.86. The fraction of sp³-hybridized carbons (Fsp3) is 0.615. The largest absolute Gasteiger partial charge is 0.339 e. The molecule has 4 atom stereocenters. The average Bonchev–Trinajstić information content (AvgIpc) is 3.56. The Morgan fingerprint density at radius 3 is 2.51 bits per heavy atom. The highest BCUT2D eigenvalue weighted by atomic mass is 32.2. The molecule has 2 fully saturated rings. The monoisotopic (exact) mass is 503 g/mol. The molecular formula is C26H36FN4O3S+. The normalized spacial score (nSPS) is 24.7. The Morgan fingerprint density at radius 2 is 1.83 bits per heavy atom. The standard InChI is InChI=1S/C26H35FN4O3S/c1-16(28-2)24(33)30-22(17-7-4-3-5-8-17)26(34)31-14-6-9-21(31)25-29-20(15-35-25)23(32)18-10-12-19(27)13-11-18/h10-13,16-17,20-22,28H,3-9,14-15H2,1-2H3,(H,30,33)/p+1. The van der Waals surface area contributed by atoms with E-state index in [9.17, 15) is 18.8 Å². The number of likely N-dealkylation sites (N-methyl/N-ethyl adjacent to an activating group) is 1. The highest BCUT2D eigenvalue weighted by molar-refractivity contribution is 8.14. The van der Waals surface area contributed by atoms with Crippen LogP contribution < -0.4 is 10.6 Å². The van der Waals surface area contributed by atoms with Crippen molar-refractivity contribution in [3.8, 4) is 0 Å². The van der Waals surface area contributed by atoms with Crippen LogP contribution in [0.3, 0.4) is 0 Å². The number of carbonyl (C=O) groups is 3. The summed E-state index contributed by atoms with van der Waals surface area (Å²) in [5.41, 5.74) is 0.447. The van der Waals surface area contributed by atoms with Crippen LogP contribution in [0.2, 0.25) is 0 Å². The van der Waals surface area contributed by atoms with E-state index >= 15 is 0 Å². The number of hydrogen-bond donors (Lipinski definition) is 2. The van der Waals surface area contributed by atoms with Crippen LogP contribution in [0, 0.1) is 11.7 Å². The lowest BCUT2D eigenvalue weighted by Gasteiger charge is -2.35. The maximum Gasteiger partial charge on any atom is 0.278 e. The highest BCUT2D eigenvalue weighted by Crippen LogP contribution is 2.33. The van der Waals surface area contributed by atoms with E-state index in [1.54, 1.807) is 0 Å². The fourth-order valence-corrected chi connectivity index (χ4v) is 6.46. The van der Waals surface area contributed by atoms with Gasteiger partial charge in [0.05, 0.1) is 18.1 Å². The van der Waals surface area contributed by atoms with Gasteiger partial charge in [-0.1, -0.05) is 19.3 Å². The molecule has 0 spiro atoms. The smallest absolute Gasteiger partial charge is 0.278 e. The number of aliphatic imine (C=N–C) groups is 1. The number of ketones is 1. The summed E-state index contributed by atoms with van der Waals surface area (Å²) in [5.74, 6) is 0.0448. The molecule has 3 aliphatic rings. The molecule has 7 nitrogen and oxygen atoms in total. The molecule has 1 aromatic rings. The van der Waals surface area contributed by atoms with Crippen molar-refractivity contribution >= 4 is 34.4 Å². The number of nitrogens with one attached hydrogen (secondary N) is 1. The van der Waals surface area contributed by atoms with Crippen molar-refractivity contribution in [3.63, 3.8) is 0 Å². The molecule has 4 rings (SSSR count). The molecule has 0 radical (unpaired) electrons. The van der Waals surface area contributed by atoms with Crippen LogP contribution in [0.1, 0.15) is 62.2 Å². The number of quaternary nitrogens is 1. The number of hydrogen-bond acceptors (Lipinski definition) is 5. The summed E-state index contributed by atoms with van der Waals surface area (Å²) in [4.78, 5) is 46.1. The van der Waals surface area contributed by atoms with Crippen LogP contribution in [0.5, 0.6) is 0 Å². The molecule has 2 amide bonds. The average molecular weight is 504 g/mol. The molecule has 1 aromatic carbocycles. The summed E-state index contributed by atoms with van der Waals surface area (Å²) < 4.78 is 13.2. The first-order chi connectivity index (χ1) is 16.9. The van der Waals surface area contributed by atoms with E-state index in [-0.39, 0.29) is 41.4 Å². The van der Waals surface area contributed by atoms with Gasteiger partial charge in [0.15, 0.2) is 11.8 Å². The van der Waals surface area contributed by atoms with E-state index < -0.39 is 12.1 Å². The van der Waals surface area contributed by atoms with Crippen molar-refractivity contribution in [2.45, 2.75) is 76.0 Å². The number of benzene rings is 1. The Balaban J connectivity index is 1.50. The van der Waals surface area contributed by atoms with E-state index in [4.69, 9.17) is 4.99 Å². The zero-order chi connectivity index (χ0) is 24.9. The summed E-state index contributed by atoms with van der Waals surface area (Å²) in [6.45, 7) is 2.48. The number of carbonyl (C=O) groups excluding carboxylic acids is 3. The maximum atomic E-state index is 13.9. The van der Waals surface area contributed by atoms with Gasteiger partial charge in [0.25, 0.3) is 5.91 Å². The molecule has 4 unspecified atom stereocenters. The number of rotatable bonds is 8. The molecule has 0 bridgehead atoms. The Hall–Kier alpha value is -2.26. The second-order valence-corrected chi connectivity index (χ2v) is 10.9. The first kappa shape index (κ1) is 25.8. The fourth-order valence-electron chi connectivity index (χ4n) is 5.27. The van der Waals surface area contributed by atoms with Crippen LogP contribution in [0.4, 0.5) is 4.39 Å². The quantitative estimate of drug-likeness (QED) is 0.532. The molecule has 190 valence electrons. The van der Waals surface area contributed by atoms with E-state index in [2.05, 4.69) is 5.32 Å². The van der Waals surface area contributed by atoms with E-state index in [0.717, 1.165) is 43.6 Å². The SMILES string of the molecule is C[NH2+]C(C)C(=O)NC(C(=O)N1CCCC1C1=NC(C(=O)c2ccc(F)cc2)CS1)C1CCCCC1. The lowest BCUT2D eigenvalue weighted by atomic mass is 9.83. The van der Waals surface area contributed by atoms with Gasteiger partial charge >= 0.3 is 0 Å². The van der Waals surface area contributed by atoms with Gasteiger partial charge in [-0.25, -0.2) is 4.39 Å². The first-order valence-electron chi connectivity index (χ1n) is 12.8. The summed E-state index contributed by atoms with van der Waals surface area (Å²) >= 11 is 1.53. The van der Waals surface area contributed by atoms with Crippen LogP contribution in [0.15, 0.2) is 29.3 Å². The number of Topliss-reactive ketones (excluding diaryl/α,β-unsaturated/α-hetero) is 1. The van der Waals surface area contributed by atoms with Crippen molar-refractivity contribution in [2.24, 2.45) is 10.9 Å². The lowest BCUT2D eigenvalue weighted by Crippen LogP contribution is -2.88. The minimum absolute atomic E-state index is 0.0207. The molecule has 1 saturated heterocycles. The van der Waals surface area contributed by atoms with Gasteiger partial charge in [-0.3, -0.25) is 19.4 Å². The van der Waals surface area contributed by atoms with Crippen LogP contribution in [0.25, 0.3) is 0 Å². The van der Waals surface area contributed by atoms with E-state index in [1.165, 1.54) is 42.4 Å². The third-order valence-corrected chi connectivity index (χ3v) is 8.68. The van der Waals surface area contributed by atoms with Crippen molar-refractivity contribution < 1.29 is 24.1 Å². The highest BCUT2D eigenvalue weighted by Gasteiger charge is 2.42. The van der Waals surface area contributed by atoms with Gasteiger partial charge in [-0.2, -0.15) is 0 Å². The van der Waals surface area contributed by atoms with Crippen LogP contribution in [-0.2, 0) is 9.59 Å². The molecule has 9 heteroatoms. The summed E-state index contributed by atoms with van der Waals surface area (Å²) in [6.07, 6.45) is 6.91. The summed E-state index contributed by atoms with van der Waals surface area (Å²) in [5, 5.41) is 5.75. The molecule has 35 heavy (non-hydrogen) atoms. The number of likely N-dealkylation sites (tertiary alicyclic amines) is 1. The summed E-state index contributed by atoms with van der Waals surface area (Å²) in [6, 6.07) is 4.11. The number of nitrogens with zero attached hydrogens (tertiary/aromatic N) is 2. The molecule has 1 saturated carbocycles. The maximum absolute atomic E-state index is 13.9. The number of nitrogens with two attached hydrogens (primary N) is 1. The van der Waals surface area contributed by atoms with Crippen LogP contribution >= 0.6 is 11.8 Å². The molecule has 2 aliphatic heterocycles. The third kappa shape index (κ3) is 5.94. The van der Waals surface area contributed by atoms with Gasteiger partial charge in [-0.05, 0) is 62.8 Å². The van der Waals surface area contributed by atoms with E-state index in [0.29, 0.717) is 17.9 Å². The summed E-state index contributed by atoms with van der Waals surface area (Å²) in [7, 11) is 1.86. The van der Waals surface area contributed by atoms with Crippen molar-refractivity contribution in [1.82, 2.24) is 10.2 Å². The number of thioether (sulfide) groups is 1. The molecule has 2 heterocycles. The van der Waals surface area contributed by atoms with Crippen LogP contribution in [-0.4, -0.2) is 71.1 Å². The van der Waals surface area contributed by atoms with Gasteiger partial charge in [0, 0.05) is 17.9 Å². The number of halogens is 1. The minimum atomic E-state index is -0.521. The van der Waals surface area contributed by atoms with Crippen molar-refractivity contribution in [3.05, 3.63) is 35.6 Å². The van der Waals surface area contributed by atoms with Crippen molar-refractivity contribution in [1.29, 1.82) is 0 Å². The van der Waals surface area contributed by atoms with Crippen molar-refractivity contribution in [2.75, 3.05) is 19.3 Å². The molecule has 1 aliphatic carbocycles. The zero-order valence-electron chi connectivity index (χ0n) is 20.5. The van der Waals surface area contributed by atoms with Gasteiger partial charge in [0.1, 0.15) is 17.9 Å². The predicted molar refractivity (Wildman–Crippen MR) is 135 cm³/mol. The Morgan fingerprint density at radius 1 is 1.11 bits per heavy atom. The van der Waals surface area contributed by atoms with Gasteiger partial charge in [0.2, 0.25) is 5.91 Å². The minimum Gasteiger partial charge on any atom is -0.339 e.